The van der Waals surface area contributed by atoms with Crippen molar-refractivity contribution < 1.29 is 31.1 Å². The number of amides is 1. The fraction of sp³-hybridized carbons (Fsp3) is 0.900. The van der Waals surface area contributed by atoms with Gasteiger partial charge in [-0.1, -0.05) is 0 Å². The standard InChI is InChI=1S/C10H11F6NO/c11-6-1-2-17(3-6)7(18)8(10(14,15)16)4-9(12,13)5-8/h6H,1-5H2. The first kappa shape index (κ1) is 13.5. The van der Waals surface area contributed by atoms with Crippen molar-refractivity contribution in [3.63, 3.8) is 0 Å². The Kier molecular flexibility index (Phi) is 2.82. The van der Waals surface area contributed by atoms with Crippen molar-refractivity contribution >= 4 is 5.91 Å². The number of rotatable bonds is 1. The highest BCUT2D eigenvalue weighted by Gasteiger charge is 2.74. The number of hydrogen-bond acceptors (Lipinski definition) is 1. The van der Waals surface area contributed by atoms with E-state index in [-0.39, 0.29) is 13.0 Å². The highest BCUT2D eigenvalue weighted by molar-refractivity contribution is 5.85. The Morgan fingerprint density at radius 3 is 2.11 bits per heavy atom. The molecule has 0 spiro atoms. The fourth-order valence-electron chi connectivity index (χ4n) is 2.51. The van der Waals surface area contributed by atoms with E-state index in [1.165, 1.54) is 0 Å². The first-order valence-corrected chi connectivity index (χ1v) is 5.45. The summed E-state index contributed by atoms with van der Waals surface area (Å²) in [5.41, 5.74) is -3.03. The highest BCUT2D eigenvalue weighted by atomic mass is 19.4. The molecule has 104 valence electrons. The highest BCUT2D eigenvalue weighted by Crippen LogP contribution is 2.61. The van der Waals surface area contributed by atoms with Crippen LogP contribution in [0.25, 0.3) is 0 Å². The molecule has 2 aliphatic rings. The summed E-state index contributed by atoms with van der Waals surface area (Å²) in [5, 5.41) is 0. The van der Waals surface area contributed by atoms with E-state index in [9.17, 15) is 31.1 Å². The molecule has 1 amide bonds. The molecule has 1 aliphatic heterocycles. The lowest BCUT2D eigenvalue weighted by molar-refractivity contribution is -0.299. The second-order valence-corrected chi connectivity index (χ2v) is 4.93. The Hall–Kier alpha value is -0.950. The van der Waals surface area contributed by atoms with Gasteiger partial charge in [-0.2, -0.15) is 13.2 Å². The molecular weight excluding hydrogens is 264 g/mol. The molecule has 8 heteroatoms. The summed E-state index contributed by atoms with van der Waals surface area (Å²) in [5.74, 6) is -4.89. The van der Waals surface area contributed by atoms with Gasteiger partial charge in [0.25, 0.3) is 5.92 Å². The SMILES string of the molecule is O=C(N1CCC(F)C1)C1(C(F)(F)F)CC(F)(F)C1. The van der Waals surface area contributed by atoms with E-state index in [2.05, 4.69) is 0 Å². The van der Waals surface area contributed by atoms with Crippen molar-refractivity contribution in [2.75, 3.05) is 13.1 Å². The van der Waals surface area contributed by atoms with Crippen LogP contribution < -0.4 is 0 Å². The lowest BCUT2D eigenvalue weighted by atomic mass is 9.64. The van der Waals surface area contributed by atoms with Crippen molar-refractivity contribution in [2.24, 2.45) is 5.41 Å². The van der Waals surface area contributed by atoms with Gasteiger partial charge >= 0.3 is 6.18 Å². The van der Waals surface area contributed by atoms with Gasteiger partial charge in [0.05, 0.1) is 6.54 Å². The van der Waals surface area contributed by atoms with Gasteiger partial charge in [-0.15, -0.1) is 0 Å². The molecule has 2 nitrogen and oxygen atoms in total. The van der Waals surface area contributed by atoms with Gasteiger partial charge in [-0.3, -0.25) is 4.79 Å². The van der Waals surface area contributed by atoms with E-state index in [1.54, 1.807) is 0 Å². The average molecular weight is 275 g/mol. The van der Waals surface area contributed by atoms with Gasteiger partial charge < -0.3 is 4.90 Å². The molecule has 1 atom stereocenters. The minimum Gasteiger partial charge on any atom is -0.339 e. The van der Waals surface area contributed by atoms with Gasteiger partial charge in [-0.25, -0.2) is 13.2 Å². The van der Waals surface area contributed by atoms with Crippen LogP contribution in [0.3, 0.4) is 0 Å². The van der Waals surface area contributed by atoms with Gasteiger partial charge in [0.15, 0.2) is 5.41 Å². The van der Waals surface area contributed by atoms with Crippen LogP contribution in [0.4, 0.5) is 26.3 Å². The molecule has 18 heavy (non-hydrogen) atoms. The third kappa shape index (κ3) is 1.95. The maximum Gasteiger partial charge on any atom is 0.403 e. The predicted molar refractivity (Wildman–Crippen MR) is 48.8 cm³/mol. The monoisotopic (exact) mass is 275 g/mol. The zero-order valence-corrected chi connectivity index (χ0v) is 9.24. The molecule has 1 unspecified atom stereocenters. The van der Waals surface area contributed by atoms with Crippen LogP contribution >= 0.6 is 0 Å². The van der Waals surface area contributed by atoms with E-state index >= 15 is 0 Å². The summed E-state index contributed by atoms with van der Waals surface area (Å²) in [6.45, 7) is -0.592. The number of nitrogens with zero attached hydrogens (tertiary/aromatic N) is 1. The molecule has 0 bridgehead atoms. The van der Waals surface area contributed by atoms with Crippen LogP contribution in [0.5, 0.6) is 0 Å². The molecule has 1 heterocycles. The van der Waals surface area contributed by atoms with E-state index in [1.807, 2.05) is 0 Å². The molecule has 0 aromatic rings. The molecule has 0 radical (unpaired) electrons. The molecule has 1 aliphatic carbocycles. The Morgan fingerprint density at radius 1 is 1.22 bits per heavy atom. The summed E-state index contributed by atoms with van der Waals surface area (Å²) in [6.07, 6.45) is -9.51. The Morgan fingerprint density at radius 2 is 1.78 bits per heavy atom. The third-order valence-electron chi connectivity index (χ3n) is 3.49. The smallest absolute Gasteiger partial charge is 0.339 e. The topological polar surface area (TPSA) is 20.3 Å². The van der Waals surface area contributed by atoms with Crippen LogP contribution in [0, 0.1) is 5.41 Å². The molecule has 0 N–H and O–H groups in total. The summed E-state index contributed by atoms with van der Waals surface area (Å²) in [6, 6.07) is 0. The molecule has 0 aromatic carbocycles. The van der Waals surface area contributed by atoms with E-state index < -0.39 is 49.0 Å². The predicted octanol–water partition coefficient (Wildman–Crippen LogP) is 2.53. The van der Waals surface area contributed by atoms with Gasteiger partial charge in [-0.05, 0) is 6.42 Å². The van der Waals surface area contributed by atoms with Crippen LogP contribution in [-0.2, 0) is 4.79 Å². The second kappa shape index (κ2) is 3.77. The van der Waals surface area contributed by atoms with Gasteiger partial charge in [0.2, 0.25) is 5.91 Å². The van der Waals surface area contributed by atoms with Gasteiger partial charge in [0.1, 0.15) is 6.17 Å². The number of halogens is 6. The summed E-state index contributed by atoms with van der Waals surface area (Å²) < 4.78 is 76.8. The third-order valence-corrected chi connectivity index (χ3v) is 3.49. The lowest BCUT2D eigenvalue weighted by Gasteiger charge is -2.47. The quantitative estimate of drug-likeness (QED) is 0.673. The second-order valence-electron chi connectivity index (χ2n) is 4.93. The zero-order valence-electron chi connectivity index (χ0n) is 9.24. The maximum atomic E-state index is 12.9. The normalized spacial score (nSPS) is 30.1. The van der Waals surface area contributed by atoms with Crippen molar-refractivity contribution in [3.05, 3.63) is 0 Å². The Balaban J connectivity index is 2.19. The maximum absolute atomic E-state index is 12.9. The van der Waals surface area contributed by atoms with Crippen molar-refractivity contribution in [2.45, 2.75) is 37.5 Å². The van der Waals surface area contributed by atoms with Gasteiger partial charge in [0, 0.05) is 19.4 Å². The van der Waals surface area contributed by atoms with Crippen molar-refractivity contribution in [1.82, 2.24) is 4.90 Å². The molecule has 2 fully saturated rings. The van der Waals surface area contributed by atoms with Crippen LogP contribution in [0.15, 0.2) is 0 Å². The number of hydrogen-bond donors (Lipinski definition) is 0. The van der Waals surface area contributed by atoms with Crippen molar-refractivity contribution in [1.29, 1.82) is 0 Å². The van der Waals surface area contributed by atoms with E-state index in [0.29, 0.717) is 4.90 Å². The minimum atomic E-state index is -5.03. The average Bonchev–Trinajstić information content (AvgIpc) is 2.57. The lowest BCUT2D eigenvalue weighted by Crippen LogP contribution is -2.62. The van der Waals surface area contributed by atoms with Crippen LogP contribution in [0.1, 0.15) is 19.3 Å². The van der Waals surface area contributed by atoms with Crippen LogP contribution in [-0.4, -0.2) is 42.2 Å². The zero-order chi connectivity index (χ0) is 13.8. The minimum absolute atomic E-state index is 0.0456. The Bertz CT molecular complexity index is 358. The first-order chi connectivity index (χ1) is 8.07. The first-order valence-electron chi connectivity index (χ1n) is 5.45. The summed E-state index contributed by atoms with van der Waals surface area (Å²) in [7, 11) is 0. The molecular formula is C10H11F6NO. The Labute approximate surface area is 98.9 Å². The number of carbonyl (C=O) groups is 1. The summed E-state index contributed by atoms with van der Waals surface area (Å²) in [4.78, 5) is 12.4. The molecule has 2 rings (SSSR count). The van der Waals surface area contributed by atoms with E-state index in [0.717, 1.165) is 0 Å². The number of alkyl halides is 6. The largest absolute Gasteiger partial charge is 0.403 e. The number of carbonyl (C=O) groups excluding carboxylic acids is 1. The molecule has 1 saturated heterocycles. The fourth-order valence-corrected chi connectivity index (χ4v) is 2.51. The van der Waals surface area contributed by atoms with Crippen LogP contribution in [0.2, 0.25) is 0 Å². The summed E-state index contributed by atoms with van der Waals surface area (Å²) >= 11 is 0. The van der Waals surface area contributed by atoms with Crippen molar-refractivity contribution in [3.8, 4) is 0 Å². The molecule has 1 saturated carbocycles. The number of likely N-dealkylation sites (tertiary alicyclic amines) is 1. The van der Waals surface area contributed by atoms with E-state index in [4.69, 9.17) is 0 Å². The molecule has 0 aromatic heterocycles.